The van der Waals surface area contributed by atoms with Gasteiger partial charge in [-0.15, -0.1) is 0 Å². The van der Waals surface area contributed by atoms with Crippen LogP contribution in [0.4, 0.5) is 0 Å². The van der Waals surface area contributed by atoms with Crippen molar-refractivity contribution in [2.75, 3.05) is 39.4 Å². The number of nitrogens with one attached hydrogen (secondary N) is 1. The molecule has 1 aliphatic carbocycles. The first-order valence-corrected chi connectivity index (χ1v) is 7.42. The maximum Gasteiger partial charge on any atom is 0.0594 e. The average Bonchev–Trinajstić information content (AvgIpc) is 2.40. The smallest absolute Gasteiger partial charge is 0.0594 e. The number of hydrogen-bond acceptors (Lipinski definition) is 3. The molecule has 0 radical (unpaired) electrons. The molecule has 0 spiro atoms. The summed E-state index contributed by atoms with van der Waals surface area (Å²) in [6, 6.07) is 0.787. The molecule has 0 aromatic heterocycles. The summed E-state index contributed by atoms with van der Waals surface area (Å²) < 4.78 is 5.36. The van der Waals surface area contributed by atoms with E-state index in [9.17, 15) is 0 Å². The molecule has 2 unspecified atom stereocenters. The highest BCUT2D eigenvalue weighted by molar-refractivity contribution is 4.77. The molecule has 2 rings (SSSR count). The maximum absolute atomic E-state index is 5.36. The molecule has 3 heteroatoms. The lowest BCUT2D eigenvalue weighted by molar-refractivity contribution is 0.0378. The first kappa shape index (κ1) is 13.3. The Kier molecular flexibility index (Phi) is 5.75. The largest absolute Gasteiger partial charge is 0.379 e. The van der Waals surface area contributed by atoms with Gasteiger partial charge in [-0.05, 0) is 18.8 Å². The molecule has 1 aliphatic heterocycles. The zero-order chi connectivity index (χ0) is 11.9. The summed E-state index contributed by atoms with van der Waals surface area (Å²) in [5.41, 5.74) is 0. The van der Waals surface area contributed by atoms with Crippen LogP contribution in [0.25, 0.3) is 0 Å². The van der Waals surface area contributed by atoms with Crippen molar-refractivity contribution in [3.05, 3.63) is 0 Å². The van der Waals surface area contributed by atoms with E-state index in [2.05, 4.69) is 17.1 Å². The summed E-state index contributed by atoms with van der Waals surface area (Å²) in [7, 11) is 0. The Morgan fingerprint density at radius 3 is 2.82 bits per heavy atom. The third-order valence-electron chi connectivity index (χ3n) is 4.32. The number of ether oxygens (including phenoxy) is 1. The van der Waals surface area contributed by atoms with E-state index in [4.69, 9.17) is 4.74 Å². The van der Waals surface area contributed by atoms with E-state index in [0.717, 1.165) is 44.8 Å². The molecule has 0 aromatic carbocycles. The number of nitrogens with zero attached hydrogens (tertiary/aromatic N) is 1. The molecule has 0 aromatic rings. The van der Waals surface area contributed by atoms with Crippen LogP contribution in [-0.4, -0.2) is 50.3 Å². The second-order valence-corrected chi connectivity index (χ2v) is 5.55. The van der Waals surface area contributed by atoms with Gasteiger partial charge in [0, 0.05) is 32.2 Å². The molecule has 17 heavy (non-hydrogen) atoms. The normalized spacial score (nSPS) is 31.6. The van der Waals surface area contributed by atoms with E-state index < -0.39 is 0 Å². The van der Waals surface area contributed by atoms with Crippen LogP contribution in [0.1, 0.15) is 39.0 Å². The van der Waals surface area contributed by atoms with Crippen molar-refractivity contribution >= 4 is 0 Å². The Morgan fingerprint density at radius 1 is 1.24 bits per heavy atom. The quantitative estimate of drug-likeness (QED) is 0.794. The van der Waals surface area contributed by atoms with Gasteiger partial charge < -0.3 is 10.1 Å². The highest BCUT2D eigenvalue weighted by atomic mass is 16.5. The maximum atomic E-state index is 5.36. The topological polar surface area (TPSA) is 24.5 Å². The predicted octanol–water partition coefficient (Wildman–Crippen LogP) is 1.88. The first-order valence-electron chi connectivity index (χ1n) is 7.42. The van der Waals surface area contributed by atoms with Crippen molar-refractivity contribution in [2.24, 2.45) is 5.92 Å². The van der Waals surface area contributed by atoms with E-state index in [0.29, 0.717) is 0 Å². The molecule has 1 saturated carbocycles. The molecule has 100 valence electrons. The lowest BCUT2D eigenvalue weighted by Gasteiger charge is -2.31. The molecule has 2 atom stereocenters. The van der Waals surface area contributed by atoms with Gasteiger partial charge in [-0.2, -0.15) is 0 Å². The molecular formula is C14H28N2O. The van der Waals surface area contributed by atoms with Gasteiger partial charge in [0.05, 0.1) is 13.2 Å². The molecule has 0 amide bonds. The van der Waals surface area contributed by atoms with Crippen LogP contribution in [0, 0.1) is 5.92 Å². The monoisotopic (exact) mass is 240 g/mol. The SMILES string of the molecule is CCC1CCCC(NCCN2CCOCC2)C1. The van der Waals surface area contributed by atoms with Crippen molar-refractivity contribution in [3.63, 3.8) is 0 Å². The highest BCUT2D eigenvalue weighted by Crippen LogP contribution is 2.26. The lowest BCUT2D eigenvalue weighted by Crippen LogP contribution is -2.43. The van der Waals surface area contributed by atoms with E-state index in [1.165, 1.54) is 38.6 Å². The Labute approximate surface area is 106 Å². The highest BCUT2D eigenvalue weighted by Gasteiger charge is 2.20. The second-order valence-electron chi connectivity index (χ2n) is 5.55. The van der Waals surface area contributed by atoms with Crippen LogP contribution >= 0.6 is 0 Å². The van der Waals surface area contributed by atoms with Gasteiger partial charge in [0.25, 0.3) is 0 Å². The van der Waals surface area contributed by atoms with Crippen LogP contribution in [0.3, 0.4) is 0 Å². The van der Waals surface area contributed by atoms with Crippen molar-refractivity contribution < 1.29 is 4.74 Å². The van der Waals surface area contributed by atoms with Crippen LogP contribution < -0.4 is 5.32 Å². The minimum Gasteiger partial charge on any atom is -0.379 e. The molecule has 1 N–H and O–H groups in total. The third kappa shape index (κ3) is 4.57. The van der Waals surface area contributed by atoms with Crippen molar-refractivity contribution in [2.45, 2.75) is 45.1 Å². The summed E-state index contributed by atoms with van der Waals surface area (Å²) in [4.78, 5) is 2.51. The zero-order valence-electron chi connectivity index (χ0n) is 11.3. The third-order valence-corrected chi connectivity index (χ3v) is 4.32. The molecule has 2 fully saturated rings. The number of morpholine rings is 1. The second kappa shape index (κ2) is 7.34. The van der Waals surface area contributed by atoms with E-state index in [-0.39, 0.29) is 0 Å². The molecule has 3 nitrogen and oxygen atoms in total. The zero-order valence-corrected chi connectivity index (χ0v) is 11.3. The number of hydrogen-bond donors (Lipinski definition) is 1. The van der Waals surface area contributed by atoms with Gasteiger partial charge in [0.1, 0.15) is 0 Å². The molecule has 2 aliphatic rings. The van der Waals surface area contributed by atoms with E-state index in [1.54, 1.807) is 0 Å². The van der Waals surface area contributed by atoms with Crippen molar-refractivity contribution in [1.29, 1.82) is 0 Å². The van der Waals surface area contributed by atoms with Crippen LogP contribution in [0.5, 0.6) is 0 Å². The molecule has 0 bridgehead atoms. The standard InChI is InChI=1S/C14H28N2O/c1-2-13-4-3-5-14(12-13)15-6-7-16-8-10-17-11-9-16/h13-15H,2-12H2,1H3. The fourth-order valence-corrected chi connectivity index (χ4v) is 3.10. The summed E-state index contributed by atoms with van der Waals surface area (Å²) >= 11 is 0. The Balaban J connectivity index is 1.57. The van der Waals surface area contributed by atoms with Crippen molar-refractivity contribution in [1.82, 2.24) is 10.2 Å². The van der Waals surface area contributed by atoms with Gasteiger partial charge in [0.15, 0.2) is 0 Å². The lowest BCUT2D eigenvalue weighted by atomic mass is 9.84. The van der Waals surface area contributed by atoms with Crippen molar-refractivity contribution in [3.8, 4) is 0 Å². The molecule has 1 saturated heterocycles. The van der Waals surface area contributed by atoms with Gasteiger partial charge in [-0.1, -0.05) is 26.2 Å². The summed E-state index contributed by atoms with van der Waals surface area (Å²) in [6.07, 6.45) is 7.03. The summed E-state index contributed by atoms with van der Waals surface area (Å²) in [5, 5.41) is 3.75. The summed E-state index contributed by atoms with van der Waals surface area (Å²) in [5.74, 6) is 0.977. The molecular weight excluding hydrogens is 212 g/mol. The Bertz CT molecular complexity index is 204. The summed E-state index contributed by atoms with van der Waals surface area (Å²) in [6.45, 7) is 8.75. The number of rotatable bonds is 5. The van der Waals surface area contributed by atoms with Gasteiger partial charge in [-0.3, -0.25) is 4.90 Å². The Morgan fingerprint density at radius 2 is 2.06 bits per heavy atom. The predicted molar refractivity (Wildman–Crippen MR) is 71.3 cm³/mol. The van der Waals surface area contributed by atoms with Crippen LogP contribution in [0.15, 0.2) is 0 Å². The van der Waals surface area contributed by atoms with Gasteiger partial charge in [-0.25, -0.2) is 0 Å². The van der Waals surface area contributed by atoms with Gasteiger partial charge in [0.2, 0.25) is 0 Å². The molecule has 1 heterocycles. The fourth-order valence-electron chi connectivity index (χ4n) is 3.10. The first-order chi connectivity index (χ1) is 8.38. The fraction of sp³-hybridized carbons (Fsp3) is 1.00. The van der Waals surface area contributed by atoms with Gasteiger partial charge >= 0.3 is 0 Å². The minimum absolute atomic E-state index is 0.787. The van der Waals surface area contributed by atoms with E-state index >= 15 is 0 Å². The van der Waals surface area contributed by atoms with Crippen LogP contribution in [-0.2, 0) is 4.74 Å². The Hall–Kier alpha value is -0.120. The van der Waals surface area contributed by atoms with E-state index in [1.807, 2.05) is 0 Å². The average molecular weight is 240 g/mol. The minimum atomic E-state index is 0.787. The van der Waals surface area contributed by atoms with Crippen LogP contribution in [0.2, 0.25) is 0 Å².